The van der Waals surface area contributed by atoms with Gasteiger partial charge in [-0.25, -0.2) is 0 Å². The van der Waals surface area contributed by atoms with Crippen molar-refractivity contribution in [3.8, 4) is 0 Å². The summed E-state index contributed by atoms with van der Waals surface area (Å²) < 4.78 is 1.04. The van der Waals surface area contributed by atoms with Gasteiger partial charge in [0.2, 0.25) is 0 Å². The van der Waals surface area contributed by atoms with Crippen LogP contribution in [-0.2, 0) is 0 Å². The van der Waals surface area contributed by atoms with Crippen LogP contribution < -0.4 is 5.73 Å². The molecule has 1 aliphatic carbocycles. The molecular weight excluding hydrogens is 237 g/mol. The van der Waals surface area contributed by atoms with Gasteiger partial charge in [0, 0.05) is 10.1 Å². The van der Waals surface area contributed by atoms with Crippen LogP contribution in [0.2, 0.25) is 0 Å². The molecule has 0 atom stereocenters. The second-order valence-electron chi connectivity index (χ2n) is 2.67. The third-order valence-corrected chi connectivity index (χ3v) is 2.59. The minimum absolute atomic E-state index is 1.04. The Morgan fingerprint density at radius 1 is 1.60 bits per heavy atom. The van der Waals surface area contributed by atoms with Gasteiger partial charge in [0.15, 0.2) is 0 Å². The van der Waals surface area contributed by atoms with E-state index in [0.717, 1.165) is 23.0 Å². The van der Waals surface area contributed by atoms with E-state index in [0.29, 0.717) is 0 Å². The van der Waals surface area contributed by atoms with Crippen molar-refractivity contribution < 1.29 is 0 Å². The molecule has 0 heterocycles. The van der Waals surface area contributed by atoms with Crippen LogP contribution in [0.4, 0.5) is 0 Å². The van der Waals surface area contributed by atoms with Crippen LogP contribution in [0.5, 0.6) is 0 Å². The molecule has 56 valence electrons. The van der Waals surface area contributed by atoms with E-state index in [4.69, 9.17) is 5.73 Å². The predicted molar refractivity (Wildman–Crippen MR) is 53.1 cm³/mol. The molecule has 2 N–H and O–H groups in total. The van der Waals surface area contributed by atoms with Crippen LogP contribution in [-0.4, -0.2) is 4.43 Å². The van der Waals surface area contributed by atoms with E-state index in [1.54, 1.807) is 0 Å². The molecule has 0 bridgehead atoms. The first-order valence-electron chi connectivity index (χ1n) is 3.44. The number of allylic oxidation sites excluding steroid dienone is 4. The Morgan fingerprint density at radius 2 is 2.30 bits per heavy atom. The molecule has 0 spiro atoms. The fourth-order valence-corrected chi connectivity index (χ4v) is 1.79. The van der Waals surface area contributed by atoms with Gasteiger partial charge in [-0.2, -0.15) is 0 Å². The zero-order valence-corrected chi connectivity index (χ0v) is 8.31. The number of alkyl halides is 1. The highest BCUT2D eigenvalue weighted by Gasteiger charge is 2.05. The van der Waals surface area contributed by atoms with Crippen LogP contribution >= 0.6 is 22.6 Å². The van der Waals surface area contributed by atoms with Crippen LogP contribution in [0.25, 0.3) is 0 Å². The van der Waals surface area contributed by atoms with Gasteiger partial charge in [0.1, 0.15) is 0 Å². The first-order valence-corrected chi connectivity index (χ1v) is 4.97. The molecule has 0 saturated heterocycles. The molecule has 0 saturated carbocycles. The maximum absolute atomic E-state index is 5.78. The second-order valence-corrected chi connectivity index (χ2v) is 3.44. The van der Waals surface area contributed by atoms with Crippen molar-refractivity contribution >= 4 is 22.6 Å². The number of hydrogen-bond acceptors (Lipinski definition) is 1. The molecular formula is C8H12IN. The minimum atomic E-state index is 1.04. The molecule has 2 heteroatoms. The van der Waals surface area contributed by atoms with E-state index < -0.39 is 0 Å². The topological polar surface area (TPSA) is 26.0 Å². The summed E-state index contributed by atoms with van der Waals surface area (Å²) in [4.78, 5) is 0. The smallest absolute Gasteiger partial charge is 0.0264 e. The normalized spacial score (nSPS) is 19.2. The van der Waals surface area contributed by atoms with E-state index in [9.17, 15) is 0 Å². The van der Waals surface area contributed by atoms with Crippen LogP contribution in [0.1, 0.15) is 19.8 Å². The number of hydrogen-bond donors (Lipinski definition) is 1. The van der Waals surface area contributed by atoms with Gasteiger partial charge >= 0.3 is 0 Å². The summed E-state index contributed by atoms with van der Waals surface area (Å²) in [5, 5.41) is 0. The van der Waals surface area contributed by atoms with Gasteiger partial charge in [0.05, 0.1) is 0 Å². The fourth-order valence-electron chi connectivity index (χ4n) is 1.08. The van der Waals surface area contributed by atoms with Crippen molar-refractivity contribution in [1.82, 2.24) is 0 Å². The molecule has 1 aliphatic rings. The quantitative estimate of drug-likeness (QED) is 0.560. The molecule has 0 aromatic rings. The minimum Gasteiger partial charge on any atom is -0.402 e. The van der Waals surface area contributed by atoms with E-state index in [2.05, 4.69) is 35.6 Å². The number of rotatable bonds is 1. The fraction of sp³-hybridized carbons (Fsp3) is 0.500. The predicted octanol–water partition coefficient (Wildman–Crippen LogP) is 2.37. The van der Waals surface area contributed by atoms with Crippen molar-refractivity contribution in [2.24, 2.45) is 5.73 Å². The van der Waals surface area contributed by atoms with Crippen molar-refractivity contribution in [3.05, 3.63) is 22.9 Å². The SMILES string of the molecule is CC1=CC(CI)=C(N)CC1. The van der Waals surface area contributed by atoms with E-state index in [1.807, 2.05) is 0 Å². The maximum Gasteiger partial charge on any atom is 0.0264 e. The summed E-state index contributed by atoms with van der Waals surface area (Å²) in [5.74, 6) is 0. The third-order valence-electron chi connectivity index (χ3n) is 1.77. The van der Waals surface area contributed by atoms with Gasteiger partial charge in [-0.3, -0.25) is 0 Å². The van der Waals surface area contributed by atoms with E-state index in [1.165, 1.54) is 11.1 Å². The Labute approximate surface area is 75.5 Å². The Hall–Kier alpha value is 0.01000. The van der Waals surface area contributed by atoms with Crippen molar-refractivity contribution in [2.45, 2.75) is 19.8 Å². The van der Waals surface area contributed by atoms with Crippen LogP contribution in [0.15, 0.2) is 22.9 Å². The highest BCUT2D eigenvalue weighted by Crippen LogP contribution is 2.21. The van der Waals surface area contributed by atoms with Crippen molar-refractivity contribution in [3.63, 3.8) is 0 Å². The lowest BCUT2D eigenvalue weighted by Crippen LogP contribution is -2.06. The van der Waals surface area contributed by atoms with Crippen molar-refractivity contribution in [2.75, 3.05) is 4.43 Å². The molecule has 0 aromatic heterocycles. The summed E-state index contributed by atoms with van der Waals surface area (Å²) in [6, 6.07) is 0. The van der Waals surface area contributed by atoms with Crippen LogP contribution in [0.3, 0.4) is 0 Å². The van der Waals surface area contributed by atoms with Crippen LogP contribution in [0, 0.1) is 0 Å². The highest BCUT2D eigenvalue weighted by molar-refractivity contribution is 14.1. The molecule has 0 radical (unpaired) electrons. The van der Waals surface area contributed by atoms with E-state index >= 15 is 0 Å². The Balaban J connectivity index is 2.82. The standard InChI is InChI=1S/C8H12IN/c1-6-2-3-8(10)7(4-6)5-9/h4H,2-3,5,10H2,1H3. The number of halogens is 1. The molecule has 0 unspecified atom stereocenters. The first kappa shape index (κ1) is 8.11. The summed E-state index contributed by atoms with van der Waals surface area (Å²) in [6.07, 6.45) is 4.41. The average molecular weight is 249 g/mol. The molecule has 0 amide bonds. The van der Waals surface area contributed by atoms with Gasteiger partial charge in [-0.05, 0) is 25.3 Å². The largest absolute Gasteiger partial charge is 0.402 e. The lowest BCUT2D eigenvalue weighted by Gasteiger charge is -2.12. The van der Waals surface area contributed by atoms with Gasteiger partial charge < -0.3 is 5.73 Å². The zero-order valence-electron chi connectivity index (χ0n) is 6.15. The van der Waals surface area contributed by atoms with Gasteiger partial charge in [0.25, 0.3) is 0 Å². The van der Waals surface area contributed by atoms with E-state index in [-0.39, 0.29) is 0 Å². The first-order chi connectivity index (χ1) is 4.74. The molecule has 0 aliphatic heterocycles. The summed E-state index contributed by atoms with van der Waals surface area (Å²) in [7, 11) is 0. The Bertz CT molecular complexity index is 191. The Morgan fingerprint density at radius 3 is 2.80 bits per heavy atom. The molecule has 1 nitrogen and oxygen atoms in total. The Kier molecular flexibility index (Phi) is 2.77. The van der Waals surface area contributed by atoms with Crippen molar-refractivity contribution in [1.29, 1.82) is 0 Å². The molecule has 0 aromatic carbocycles. The zero-order chi connectivity index (χ0) is 7.56. The lowest BCUT2D eigenvalue weighted by atomic mass is 9.99. The molecule has 10 heavy (non-hydrogen) atoms. The van der Waals surface area contributed by atoms with Gasteiger partial charge in [-0.15, -0.1) is 0 Å². The summed E-state index contributed by atoms with van der Waals surface area (Å²) >= 11 is 2.35. The maximum atomic E-state index is 5.78. The third kappa shape index (κ3) is 1.75. The summed E-state index contributed by atoms with van der Waals surface area (Å²) in [5.41, 5.74) is 9.65. The molecule has 0 fully saturated rings. The average Bonchev–Trinajstić information content (AvgIpc) is 1.94. The second kappa shape index (κ2) is 3.42. The monoisotopic (exact) mass is 249 g/mol. The number of nitrogens with two attached hydrogens (primary N) is 1. The highest BCUT2D eigenvalue weighted by atomic mass is 127. The summed E-state index contributed by atoms with van der Waals surface area (Å²) in [6.45, 7) is 2.17. The molecule has 1 rings (SSSR count). The lowest BCUT2D eigenvalue weighted by molar-refractivity contribution is 0.876. The van der Waals surface area contributed by atoms with Gasteiger partial charge in [-0.1, -0.05) is 34.2 Å².